The molecule has 2 aromatic rings. The van der Waals surface area contributed by atoms with Crippen molar-refractivity contribution >= 4 is 16.6 Å². The molecule has 5 nitrogen and oxygen atoms in total. The lowest BCUT2D eigenvalue weighted by Gasteiger charge is -2.30. The molecule has 0 spiro atoms. The van der Waals surface area contributed by atoms with Crippen molar-refractivity contribution in [2.75, 3.05) is 19.6 Å². The van der Waals surface area contributed by atoms with Crippen LogP contribution < -0.4 is 0 Å². The lowest BCUT2D eigenvalue weighted by molar-refractivity contribution is 0.177. The molecule has 3 rings (SSSR count). The minimum absolute atomic E-state index is 0.111. The number of rotatable bonds is 3. The van der Waals surface area contributed by atoms with E-state index in [0.717, 1.165) is 30.5 Å². The number of aryl methyl sites for hydroxylation is 1. The highest BCUT2D eigenvalue weighted by Gasteiger charge is 2.21. The lowest BCUT2D eigenvalue weighted by atomic mass is 10.00. The number of imidazole rings is 1. The van der Waals surface area contributed by atoms with E-state index in [4.69, 9.17) is 0 Å². The van der Waals surface area contributed by atoms with Crippen molar-refractivity contribution in [2.45, 2.75) is 19.8 Å². The zero-order chi connectivity index (χ0) is 16.4. The monoisotopic (exact) mass is 310 g/mol. The zero-order valence-corrected chi connectivity index (χ0v) is 13.7. The third-order valence-electron chi connectivity index (χ3n) is 4.53. The van der Waals surface area contributed by atoms with Crippen molar-refractivity contribution in [2.24, 2.45) is 13.0 Å². The number of para-hydroxylation sites is 2. The van der Waals surface area contributed by atoms with E-state index in [2.05, 4.69) is 22.9 Å². The van der Waals surface area contributed by atoms with Gasteiger partial charge in [-0.25, -0.2) is 4.98 Å². The first-order valence-electron chi connectivity index (χ1n) is 8.06. The Bertz CT molecular complexity index is 784. The summed E-state index contributed by atoms with van der Waals surface area (Å²) in [7, 11) is 1.87. The van der Waals surface area contributed by atoms with Gasteiger partial charge in [0.1, 0.15) is 17.4 Å². The molecule has 1 saturated heterocycles. The van der Waals surface area contributed by atoms with Crippen molar-refractivity contribution < 1.29 is 5.11 Å². The molecule has 0 amide bonds. The van der Waals surface area contributed by atoms with Gasteiger partial charge in [-0.2, -0.15) is 5.26 Å². The summed E-state index contributed by atoms with van der Waals surface area (Å²) in [5, 5.41) is 20.1. The van der Waals surface area contributed by atoms with Gasteiger partial charge in [-0.1, -0.05) is 19.1 Å². The van der Waals surface area contributed by atoms with E-state index in [1.165, 1.54) is 6.42 Å². The van der Waals surface area contributed by atoms with Crippen LogP contribution in [-0.4, -0.2) is 39.2 Å². The Hall–Kier alpha value is -2.32. The van der Waals surface area contributed by atoms with Crippen LogP contribution >= 0.6 is 0 Å². The first-order chi connectivity index (χ1) is 11.1. The van der Waals surface area contributed by atoms with Crippen LogP contribution in [0.3, 0.4) is 0 Å². The highest BCUT2D eigenvalue weighted by atomic mass is 16.3. The maximum atomic E-state index is 10.5. The molecule has 0 saturated carbocycles. The lowest BCUT2D eigenvalue weighted by Crippen LogP contribution is -2.35. The Balaban J connectivity index is 1.93. The van der Waals surface area contributed by atoms with Crippen molar-refractivity contribution in [1.82, 2.24) is 14.5 Å². The smallest absolute Gasteiger partial charge is 0.155 e. The Kier molecular flexibility index (Phi) is 4.35. The van der Waals surface area contributed by atoms with E-state index in [1.54, 1.807) is 0 Å². The molecule has 120 valence electrons. The van der Waals surface area contributed by atoms with Crippen LogP contribution in [0, 0.1) is 17.2 Å². The van der Waals surface area contributed by atoms with Crippen molar-refractivity contribution in [3.8, 4) is 6.07 Å². The first-order valence-corrected chi connectivity index (χ1v) is 8.06. The molecule has 1 fully saturated rings. The highest BCUT2D eigenvalue weighted by molar-refractivity contribution is 5.83. The predicted molar refractivity (Wildman–Crippen MR) is 90.7 cm³/mol. The molecule has 5 heteroatoms. The van der Waals surface area contributed by atoms with Gasteiger partial charge in [0, 0.05) is 13.6 Å². The Labute approximate surface area is 136 Å². The van der Waals surface area contributed by atoms with Gasteiger partial charge in [0.2, 0.25) is 0 Å². The van der Waals surface area contributed by atoms with Crippen LogP contribution in [0.4, 0.5) is 0 Å². The van der Waals surface area contributed by atoms with E-state index in [1.807, 2.05) is 35.9 Å². The minimum atomic E-state index is 0.111. The second-order valence-electron chi connectivity index (χ2n) is 6.40. The van der Waals surface area contributed by atoms with Crippen molar-refractivity contribution in [3.05, 3.63) is 35.8 Å². The molecular weight excluding hydrogens is 288 g/mol. The topological polar surface area (TPSA) is 65.1 Å². The number of aliphatic hydroxyl groups is 1. The number of likely N-dealkylation sites (tertiary alicyclic amines) is 1. The van der Waals surface area contributed by atoms with E-state index in [0.29, 0.717) is 18.3 Å². The van der Waals surface area contributed by atoms with Crippen molar-refractivity contribution in [1.29, 1.82) is 5.26 Å². The molecule has 1 N–H and O–H groups in total. The van der Waals surface area contributed by atoms with Crippen LogP contribution in [-0.2, 0) is 7.05 Å². The van der Waals surface area contributed by atoms with Crippen molar-refractivity contribution in [3.63, 3.8) is 0 Å². The third kappa shape index (κ3) is 3.08. The van der Waals surface area contributed by atoms with E-state index in [9.17, 15) is 10.4 Å². The summed E-state index contributed by atoms with van der Waals surface area (Å²) in [6.45, 7) is 4.57. The number of benzene rings is 1. The fourth-order valence-corrected chi connectivity index (χ4v) is 3.33. The molecular formula is C18H22N4O. The number of allylic oxidation sites excluding steroid dienone is 1. The van der Waals surface area contributed by atoms with Crippen LogP contribution in [0.1, 0.15) is 25.6 Å². The van der Waals surface area contributed by atoms with Gasteiger partial charge in [0.25, 0.3) is 0 Å². The summed E-state index contributed by atoms with van der Waals surface area (Å²) in [6, 6.07) is 9.88. The molecule has 1 atom stereocenters. The first kappa shape index (κ1) is 15.6. The number of fused-ring (bicyclic) bond motifs is 1. The summed E-state index contributed by atoms with van der Waals surface area (Å²) in [5.41, 5.74) is 2.05. The summed E-state index contributed by atoms with van der Waals surface area (Å²) in [5.74, 6) is 1.27. The van der Waals surface area contributed by atoms with E-state index in [-0.39, 0.29) is 11.3 Å². The molecule has 2 heterocycles. The second kappa shape index (κ2) is 6.43. The molecule has 0 unspecified atom stereocenters. The van der Waals surface area contributed by atoms with Gasteiger partial charge >= 0.3 is 0 Å². The quantitative estimate of drug-likeness (QED) is 0.699. The fraction of sp³-hybridized carbons (Fsp3) is 0.444. The normalized spacial score (nSPS) is 20.3. The molecule has 0 bridgehead atoms. The van der Waals surface area contributed by atoms with Gasteiger partial charge < -0.3 is 9.67 Å². The number of nitriles is 1. The maximum Gasteiger partial charge on any atom is 0.155 e. The fourth-order valence-electron chi connectivity index (χ4n) is 3.33. The molecule has 1 aromatic heterocycles. The third-order valence-corrected chi connectivity index (χ3v) is 4.53. The SMILES string of the molecule is C[C@@H]1CCCN(C/C(O)=C(\C#N)c2nc3ccccc3n2C)C1. The Morgan fingerprint density at radius 1 is 1.43 bits per heavy atom. The number of aromatic nitrogens is 2. The van der Waals surface area contributed by atoms with Gasteiger partial charge in [-0.15, -0.1) is 0 Å². The zero-order valence-electron chi connectivity index (χ0n) is 13.7. The maximum absolute atomic E-state index is 10.5. The predicted octanol–water partition coefficient (Wildman–Crippen LogP) is 3.10. The van der Waals surface area contributed by atoms with E-state index < -0.39 is 0 Å². The summed E-state index contributed by atoms with van der Waals surface area (Å²) >= 11 is 0. The molecule has 23 heavy (non-hydrogen) atoms. The summed E-state index contributed by atoms with van der Waals surface area (Å²) in [4.78, 5) is 6.73. The Morgan fingerprint density at radius 2 is 2.22 bits per heavy atom. The van der Waals surface area contributed by atoms with Gasteiger partial charge in [0.05, 0.1) is 17.6 Å². The van der Waals surface area contributed by atoms with Crippen LogP contribution in [0.2, 0.25) is 0 Å². The van der Waals surface area contributed by atoms with Gasteiger partial charge in [-0.05, 0) is 37.4 Å². The number of aliphatic hydroxyl groups excluding tert-OH is 1. The number of hydrogen-bond acceptors (Lipinski definition) is 4. The molecule has 0 aliphatic carbocycles. The Morgan fingerprint density at radius 3 is 2.91 bits per heavy atom. The summed E-state index contributed by atoms with van der Waals surface area (Å²) in [6.07, 6.45) is 2.37. The van der Waals surface area contributed by atoms with Gasteiger partial charge in [-0.3, -0.25) is 4.90 Å². The van der Waals surface area contributed by atoms with E-state index >= 15 is 0 Å². The van der Waals surface area contributed by atoms with Gasteiger partial charge in [0.15, 0.2) is 5.82 Å². The highest BCUT2D eigenvalue weighted by Crippen LogP contribution is 2.23. The molecule has 0 radical (unpaired) electrons. The molecule has 1 aliphatic rings. The average molecular weight is 310 g/mol. The number of hydrogen-bond donors (Lipinski definition) is 1. The number of piperidine rings is 1. The number of nitrogens with zero attached hydrogens (tertiary/aromatic N) is 4. The second-order valence-corrected chi connectivity index (χ2v) is 6.40. The minimum Gasteiger partial charge on any atom is -0.509 e. The van der Waals surface area contributed by atoms with Crippen LogP contribution in [0.5, 0.6) is 0 Å². The summed E-state index contributed by atoms with van der Waals surface area (Å²) < 4.78 is 1.86. The molecule has 1 aromatic carbocycles. The largest absolute Gasteiger partial charge is 0.509 e. The van der Waals surface area contributed by atoms with Crippen LogP contribution in [0.25, 0.3) is 16.6 Å². The van der Waals surface area contributed by atoms with Crippen LogP contribution in [0.15, 0.2) is 30.0 Å². The average Bonchev–Trinajstić information content (AvgIpc) is 2.86. The standard InChI is InChI=1S/C18H22N4O/c1-13-6-5-9-22(11-13)12-17(23)14(10-19)18-20-15-7-3-4-8-16(15)21(18)2/h3-4,7-8,13,23H,5-6,9,11-12H2,1-2H3/b17-14-/t13-/m1/s1. The molecule has 1 aliphatic heterocycles.